The zero-order valence-electron chi connectivity index (χ0n) is 64.2. The fourth-order valence-electron chi connectivity index (χ4n) is 13.3. The summed E-state index contributed by atoms with van der Waals surface area (Å²) < 4.78 is 23.1. The molecule has 0 rings (SSSR count). The molecule has 0 amide bonds. The largest absolute Gasteiger partial charge is 0.477 e. The van der Waals surface area contributed by atoms with Crippen molar-refractivity contribution in [1.29, 1.82) is 0 Å². The Bertz CT molecular complexity index is 1550. The molecule has 0 aromatic carbocycles. The summed E-state index contributed by atoms with van der Waals surface area (Å²) in [5.41, 5.74) is 0. The number of nitrogens with zero attached hydrogens (tertiary/aromatic N) is 1. The van der Waals surface area contributed by atoms with E-state index < -0.39 is 18.4 Å². The Morgan fingerprint density at radius 1 is 0.309 bits per heavy atom. The number of carbonyl (C=O) groups excluding carboxylic acids is 2. The van der Waals surface area contributed by atoms with Gasteiger partial charge in [0.1, 0.15) is 13.2 Å². The van der Waals surface area contributed by atoms with Crippen LogP contribution in [0.2, 0.25) is 0 Å². The first-order chi connectivity index (χ1) is 46.1. The van der Waals surface area contributed by atoms with Crippen LogP contribution in [0.3, 0.4) is 0 Å². The first kappa shape index (κ1) is 92.0. The van der Waals surface area contributed by atoms with E-state index >= 15 is 0 Å². The number of hydrogen-bond donors (Lipinski definition) is 1. The maximum atomic E-state index is 13.0. The third-order valence-corrected chi connectivity index (χ3v) is 19.8. The number of quaternary nitrogens is 1. The maximum absolute atomic E-state index is 13.0. The van der Waals surface area contributed by atoms with E-state index in [4.69, 9.17) is 18.9 Å². The highest BCUT2D eigenvalue weighted by atomic mass is 16.7. The molecule has 0 aliphatic rings. The van der Waals surface area contributed by atoms with Gasteiger partial charge in [-0.1, -0.05) is 418 Å². The van der Waals surface area contributed by atoms with Crippen LogP contribution in [0.25, 0.3) is 0 Å². The van der Waals surface area contributed by atoms with E-state index in [0.29, 0.717) is 17.4 Å². The number of esters is 2. The van der Waals surface area contributed by atoms with Crippen molar-refractivity contribution in [2.24, 2.45) is 0 Å². The average Bonchev–Trinajstić information content (AvgIpc) is 3.75. The van der Waals surface area contributed by atoms with Crippen molar-refractivity contribution in [3.63, 3.8) is 0 Å². The summed E-state index contributed by atoms with van der Waals surface area (Å²) >= 11 is 0. The highest BCUT2D eigenvalue weighted by Crippen LogP contribution is 2.21. The van der Waals surface area contributed by atoms with Crippen LogP contribution in [0.5, 0.6) is 0 Å². The van der Waals surface area contributed by atoms with Crippen LogP contribution in [0.15, 0.2) is 12.2 Å². The molecule has 2 unspecified atom stereocenters. The van der Waals surface area contributed by atoms with E-state index in [-0.39, 0.29) is 38.2 Å². The van der Waals surface area contributed by atoms with E-state index in [0.717, 1.165) is 38.5 Å². The molecule has 0 heterocycles. The molecule has 0 aromatic heterocycles. The lowest BCUT2D eigenvalue weighted by molar-refractivity contribution is -0.870. The van der Waals surface area contributed by atoms with Gasteiger partial charge < -0.3 is 28.5 Å². The van der Waals surface area contributed by atoms with Gasteiger partial charge in [-0.3, -0.25) is 9.59 Å². The molecule has 0 radical (unpaired) electrons. The molecular formula is C85H166NO8+. The van der Waals surface area contributed by atoms with Gasteiger partial charge in [0.2, 0.25) is 0 Å². The second kappa shape index (κ2) is 76.8. The SMILES string of the molecule is CCCCCCCCCC/C=C\CCCCCCCCCCCCCCCCCCCCCCCCCCCC(=O)OC(COC(=O)CCCCCCCCCCCCCCCCCCCCCCCCCCCCCCCCCC)COC(OCC[N+](C)(C)C)C(=O)O. The van der Waals surface area contributed by atoms with Crippen LogP contribution >= 0.6 is 0 Å². The van der Waals surface area contributed by atoms with Crippen molar-refractivity contribution >= 4 is 17.9 Å². The van der Waals surface area contributed by atoms with E-state index in [1.165, 1.54) is 392 Å². The molecule has 0 fully saturated rings. The zero-order chi connectivity index (χ0) is 68.2. The molecule has 0 aromatic rings. The number of carboxylic acids is 1. The van der Waals surface area contributed by atoms with Crippen LogP contribution in [-0.4, -0.2) is 87.4 Å². The van der Waals surface area contributed by atoms with Gasteiger partial charge in [-0.05, 0) is 38.5 Å². The number of carbonyl (C=O) groups is 3. The number of rotatable bonds is 81. The first-order valence-corrected chi connectivity index (χ1v) is 42.4. The lowest BCUT2D eigenvalue weighted by Gasteiger charge is -2.25. The summed E-state index contributed by atoms with van der Waals surface area (Å²) in [5.74, 6) is -1.96. The van der Waals surface area contributed by atoms with Crippen molar-refractivity contribution in [1.82, 2.24) is 0 Å². The molecule has 0 aliphatic heterocycles. The number of allylic oxidation sites excluding steroid dienone is 2. The summed E-state index contributed by atoms with van der Waals surface area (Å²) in [6.07, 6.45) is 94.0. The normalized spacial score (nSPS) is 12.6. The van der Waals surface area contributed by atoms with Gasteiger partial charge in [-0.2, -0.15) is 0 Å². The number of likely N-dealkylation sites (N-methyl/N-ethyl adjacent to an activating group) is 1. The number of hydrogen-bond acceptors (Lipinski definition) is 7. The minimum atomic E-state index is -1.51. The minimum Gasteiger partial charge on any atom is -0.477 e. The molecule has 2 atom stereocenters. The van der Waals surface area contributed by atoms with E-state index in [1.807, 2.05) is 21.1 Å². The van der Waals surface area contributed by atoms with Crippen LogP contribution in [0.1, 0.15) is 457 Å². The molecule has 1 N–H and O–H groups in total. The topological polar surface area (TPSA) is 108 Å². The first-order valence-electron chi connectivity index (χ1n) is 42.4. The summed E-state index contributed by atoms with van der Waals surface area (Å²) in [6.45, 7) is 4.98. The summed E-state index contributed by atoms with van der Waals surface area (Å²) in [7, 11) is 6.01. The van der Waals surface area contributed by atoms with Crippen LogP contribution in [0, 0.1) is 0 Å². The minimum absolute atomic E-state index is 0.172. The average molecular weight is 1330 g/mol. The van der Waals surface area contributed by atoms with Crippen molar-refractivity contribution < 1.29 is 42.9 Å². The molecule has 9 nitrogen and oxygen atoms in total. The summed E-state index contributed by atoms with van der Waals surface area (Å²) in [6, 6.07) is 0. The van der Waals surface area contributed by atoms with Gasteiger partial charge in [0.25, 0.3) is 6.29 Å². The second-order valence-corrected chi connectivity index (χ2v) is 30.5. The third kappa shape index (κ3) is 77.4. The fourth-order valence-corrected chi connectivity index (χ4v) is 13.3. The Morgan fingerprint density at radius 3 is 0.787 bits per heavy atom. The maximum Gasteiger partial charge on any atom is 0.361 e. The molecule has 558 valence electrons. The lowest BCUT2D eigenvalue weighted by Crippen LogP contribution is -2.40. The number of aliphatic carboxylic acids is 1. The number of carboxylic acid groups (broad SMARTS) is 1. The predicted octanol–water partition coefficient (Wildman–Crippen LogP) is 27.1. The zero-order valence-corrected chi connectivity index (χ0v) is 64.2. The summed E-state index contributed by atoms with van der Waals surface area (Å²) in [4.78, 5) is 37.8. The number of unbranched alkanes of at least 4 members (excludes halogenated alkanes) is 64. The van der Waals surface area contributed by atoms with E-state index in [1.54, 1.807) is 0 Å². The van der Waals surface area contributed by atoms with Gasteiger partial charge in [-0.25, -0.2) is 4.79 Å². The van der Waals surface area contributed by atoms with Crippen LogP contribution < -0.4 is 0 Å². The van der Waals surface area contributed by atoms with E-state index in [9.17, 15) is 19.5 Å². The van der Waals surface area contributed by atoms with E-state index in [2.05, 4.69) is 26.0 Å². The van der Waals surface area contributed by atoms with Gasteiger partial charge in [-0.15, -0.1) is 0 Å². The molecule has 94 heavy (non-hydrogen) atoms. The van der Waals surface area contributed by atoms with Gasteiger partial charge in [0.15, 0.2) is 6.10 Å². The predicted molar refractivity (Wildman–Crippen MR) is 406 cm³/mol. The van der Waals surface area contributed by atoms with Gasteiger partial charge >= 0.3 is 17.9 Å². The second-order valence-electron chi connectivity index (χ2n) is 30.5. The molecule has 0 saturated carbocycles. The highest BCUT2D eigenvalue weighted by Gasteiger charge is 2.25. The Labute approximate surface area is 586 Å². The summed E-state index contributed by atoms with van der Waals surface area (Å²) in [5, 5.41) is 9.78. The van der Waals surface area contributed by atoms with Crippen LogP contribution in [0.4, 0.5) is 0 Å². The van der Waals surface area contributed by atoms with Crippen molar-refractivity contribution in [2.75, 3.05) is 47.5 Å². The Hall–Kier alpha value is -1.97. The third-order valence-electron chi connectivity index (χ3n) is 19.8. The standard InChI is InChI=1S/C85H165NO8/c1-6-8-10-12-14-16-18-20-22-24-26-28-30-32-34-36-38-40-41-42-43-44-46-48-50-52-54-56-58-60-62-64-66-68-70-72-74-76-83(88)94-81(80-93-85(84(89)90)91-78-77-86(3,4)5)79-92-82(87)75-73-71-69-67-65-63-61-59-57-55-53-51-49-47-45-39-37-35-33-31-29-27-25-23-21-19-17-15-13-11-9-7-2/h24,26,81,85H,6-23,25,27-80H2,1-5H3/p+1/b26-24-. The molecule has 0 spiro atoms. The smallest absolute Gasteiger partial charge is 0.361 e. The number of ether oxygens (including phenoxy) is 4. The monoisotopic (exact) mass is 1330 g/mol. The molecule has 0 saturated heterocycles. The molecular weight excluding hydrogens is 1160 g/mol. The quantitative estimate of drug-likeness (QED) is 0.0211. The van der Waals surface area contributed by atoms with Crippen molar-refractivity contribution in [2.45, 2.75) is 469 Å². The Balaban J connectivity index is 3.92. The van der Waals surface area contributed by atoms with Gasteiger partial charge in [0.05, 0.1) is 34.4 Å². The van der Waals surface area contributed by atoms with Crippen LogP contribution in [-0.2, 0) is 33.3 Å². The Morgan fingerprint density at radius 2 is 0.543 bits per heavy atom. The molecule has 9 heteroatoms. The van der Waals surface area contributed by atoms with Crippen molar-refractivity contribution in [3.05, 3.63) is 12.2 Å². The van der Waals surface area contributed by atoms with Gasteiger partial charge in [0, 0.05) is 12.8 Å². The fraction of sp³-hybridized carbons (Fsp3) is 0.941. The van der Waals surface area contributed by atoms with Crippen molar-refractivity contribution in [3.8, 4) is 0 Å². The molecule has 0 aliphatic carbocycles. The molecule has 0 bridgehead atoms. The highest BCUT2D eigenvalue weighted by molar-refractivity contribution is 5.71. The lowest BCUT2D eigenvalue weighted by atomic mass is 10.0. The Kier molecular flexibility index (Phi) is 75.2.